The zero-order valence-electron chi connectivity index (χ0n) is 10.4. The predicted octanol–water partition coefficient (Wildman–Crippen LogP) is 1.88. The fourth-order valence-corrected chi connectivity index (χ4v) is 3.08. The van der Waals surface area contributed by atoms with Gasteiger partial charge in [-0.15, -0.1) is 0 Å². The second kappa shape index (κ2) is 4.57. The molecule has 1 aromatic rings. The van der Waals surface area contributed by atoms with Crippen LogP contribution < -0.4 is 15.0 Å². The SMILES string of the molecule is COc1ccc(N2CCC3NCCC3C2)cc1. The van der Waals surface area contributed by atoms with E-state index in [9.17, 15) is 0 Å². The van der Waals surface area contributed by atoms with Gasteiger partial charge in [0.05, 0.1) is 7.11 Å². The maximum Gasteiger partial charge on any atom is 0.119 e. The summed E-state index contributed by atoms with van der Waals surface area (Å²) in [6, 6.07) is 9.20. The van der Waals surface area contributed by atoms with Crippen molar-refractivity contribution in [2.24, 2.45) is 5.92 Å². The van der Waals surface area contributed by atoms with E-state index in [2.05, 4.69) is 22.3 Å². The quantitative estimate of drug-likeness (QED) is 0.842. The third kappa shape index (κ3) is 2.12. The highest BCUT2D eigenvalue weighted by Gasteiger charge is 2.32. The number of ether oxygens (including phenoxy) is 1. The van der Waals surface area contributed by atoms with E-state index in [1.807, 2.05) is 12.1 Å². The van der Waals surface area contributed by atoms with E-state index < -0.39 is 0 Å². The first-order valence-electron chi connectivity index (χ1n) is 6.49. The molecule has 0 amide bonds. The van der Waals surface area contributed by atoms with Gasteiger partial charge in [0.2, 0.25) is 0 Å². The molecule has 1 aromatic carbocycles. The lowest BCUT2D eigenvalue weighted by atomic mass is 9.93. The van der Waals surface area contributed by atoms with E-state index in [0.29, 0.717) is 0 Å². The smallest absolute Gasteiger partial charge is 0.119 e. The number of hydrogen-bond donors (Lipinski definition) is 1. The van der Waals surface area contributed by atoms with Crippen LogP contribution in [0.15, 0.2) is 24.3 Å². The van der Waals surface area contributed by atoms with Crippen molar-refractivity contribution in [3.8, 4) is 5.75 Å². The first kappa shape index (κ1) is 10.9. The molecule has 17 heavy (non-hydrogen) atoms. The third-order valence-corrected chi connectivity index (χ3v) is 4.09. The number of anilines is 1. The summed E-state index contributed by atoms with van der Waals surface area (Å²) in [6.07, 6.45) is 2.61. The van der Waals surface area contributed by atoms with Crippen LogP contribution in [0.1, 0.15) is 12.8 Å². The predicted molar refractivity (Wildman–Crippen MR) is 69.7 cm³/mol. The molecule has 0 radical (unpaired) electrons. The number of fused-ring (bicyclic) bond motifs is 1. The summed E-state index contributed by atoms with van der Waals surface area (Å²) in [5, 5.41) is 3.60. The van der Waals surface area contributed by atoms with Crippen molar-refractivity contribution >= 4 is 5.69 Å². The first-order valence-corrected chi connectivity index (χ1v) is 6.49. The zero-order valence-corrected chi connectivity index (χ0v) is 10.4. The van der Waals surface area contributed by atoms with Crippen molar-refractivity contribution in [2.75, 3.05) is 31.6 Å². The minimum absolute atomic E-state index is 0.768. The summed E-state index contributed by atoms with van der Waals surface area (Å²) in [7, 11) is 1.71. The summed E-state index contributed by atoms with van der Waals surface area (Å²) in [6.45, 7) is 3.57. The Balaban J connectivity index is 1.71. The van der Waals surface area contributed by atoms with Gasteiger partial charge < -0.3 is 15.0 Å². The van der Waals surface area contributed by atoms with E-state index in [0.717, 1.165) is 17.7 Å². The second-order valence-electron chi connectivity index (χ2n) is 5.04. The molecule has 2 atom stereocenters. The summed E-state index contributed by atoms with van der Waals surface area (Å²) < 4.78 is 5.20. The molecule has 1 N–H and O–H groups in total. The summed E-state index contributed by atoms with van der Waals surface area (Å²) in [5.74, 6) is 1.78. The standard InChI is InChI=1S/C14H20N2O/c1-17-13-4-2-12(3-5-13)16-9-7-14-11(10-16)6-8-15-14/h2-5,11,14-15H,6-10H2,1H3. The Hall–Kier alpha value is -1.22. The van der Waals surface area contributed by atoms with E-state index in [1.165, 1.54) is 38.2 Å². The van der Waals surface area contributed by atoms with Crippen LogP contribution in [0.5, 0.6) is 5.75 Å². The van der Waals surface area contributed by atoms with E-state index >= 15 is 0 Å². The number of nitrogens with one attached hydrogen (secondary N) is 1. The van der Waals surface area contributed by atoms with Crippen molar-refractivity contribution < 1.29 is 4.74 Å². The Bertz CT molecular complexity index is 376. The lowest BCUT2D eigenvalue weighted by molar-refractivity contribution is 0.376. The van der Waals surface area contributed by atoms with Crippen LogP contribution in [0.4, 0.5) is 5.69 Å². The Labute approximate surface area is 103 Å². The van der Waals surface area contributed by atoms with Gasteiger partial charge in [0.15, 0.2) is 0 Å². The molecule has 3 nitrogen and oxygen atoms in total. The van der Waals surface area contributed by atoms with Crippen LogP contribution >= 0.6 is 0 Å². The average molecular weight is 232 g/mol. The molecule has 2 aliphatic rings. The Morgan fingerprint density at radius 2 is 2.06 bits per heavy atom. The van der Waals surface area contributed by atoms with Gasteiger partial charge in [-0.2, -0.15) is 0 Å². The van der Waals surface area contributed by atoms with Crippen LogP contribution in [0, 0.1) is 5.92 Å². The normalized spacial score (nSPS) is 27.9. The van der Waals surface area contributed by atoms with E-state index in [4.69, 9.17) is 4.74 Å². The van der Waals surface area contributed by atoms with E-state index in [1.54, 1.807) is 7.11 Å². The molecule has 3 rings (SSSR count). The van der Waals surface area contributed by atoms with Crippen LogP contribution in [0.2, 0.25) is 0 Å². The summed E-state index contributed by atoms with van der Waals surface area (Å²) in [4.78, 5) is 2.51. The Morgan fingerprint density at radius 3 is 2.82 bits per heavy atom. The average Bonchev–Trinajstić information content (AvgIpc) is 2.86. The van der Waals surface area contributed by atoms with Gasteiger partial charge in [0, 0.05) is 24.8 Å². The molecule has 2 unspecified atom stereocenters. The Kier molecular flexibility index (Phi) is 2.93. The van der Waals surface area contributed by atoms with Gasteiger partial charge in [-0.05, 0) is 49.6 Å². The number of benzene rings is 1. The molecule has 2 aliphatic heterocycles. The van der Waals surface area contributed by atoms with Gasteiger partial charge in [-0.25, -0.2) is 0 Å². The third-order valence-electron chi connectivity index (χ3n) is 4.09. The molecule has 2 heterocycles. The maximum atomic E-state index is 5.20. The number of hydrogen-bond acceptors (Lipinski definition) is 3. The fraction of sp³-hybridized carbons (Fsp3) is 0.571. The van der Waals surface area contributed by atoms with Gasteiger partial charge in [-0.3, -0.25) is 0 Å². The molecule has 92 valence electrons. The Morgan fingerprint density at radius 1 is 1.24 bits per heavy atom. The van der Waals surface area contributed by atoms with Gasteiger partial charge >= 0.3 is 0 Å². The minimum atomic E-state index is 0.768. The zero-order chi connectivity index (χ0) is 11.7. The van der Waals surface area contributed by atoms with Crippen molar-refractivity contribution in [1.82, 2.24) is 5.32 Å². The number of methoxy groups -OCH3 is 1. The van der Waals surface area contributed by atoms with Crippen molar-refractivity contribution in [1.29, 1.82) is 0 Å². The molecule has 0 bridgehead atoms. The molecule has 0 aliphatic carbocycles. The summed E-state index contributed by atoms with van der Waals surface area (Å²) in [5.41, 5.74) is 1.33. The highest BCUT2D eigenvalue weighted by Crippen LogP contribution is 2.29. The monoisotopic (exact) mass is 232 g/mol. The van der Waals surface area contributed by atoms with Crippen LogP contribution in [0.3, 0.4) is 0 Å². The largest absolute Gasteiger partial charge is 0.497 e. The van der Waals surface area contributed by atoms with Gasteiger partial charge in [-0.1, -0.05) is 0 Å². The van der Waals surface area contributed by atoms with Gasteiger partial charge in [0.25, 0.3) is 0 Å². The molecular formula is C14H20N2O. The van der Waals surface area contributed by atoms with E-state index in [-0.39, 0.29) is 0 Å². The number of piperidine rings is 1. The molecule has 2 saturated heterocycles. The molecule has 2 fully saturated rings. The minimum Gasteiger partial charge on any atom is -0.497 e. The first-order chi connectivity index (χ1) is 8.36. The van der Waals surface area contributed by atoms with Crippen molar-refractivity contribution in [3.63, 3.8) is 0 Å². The second-order valence-corrected chi connectivity index (χ2v) is 5.04. The molecule has 0 saturated carbocycles. The lowest BCUT2D eigenvalue weighted by Crippen LogP contribution is -2.44. The van der Waals surface area contributed by atoms with Crippen LogP contribution in [-0.4, -0.2) is 32.8 Å². The van der Waals surface area contributed by atoms with Crippen LogP contribution in [-0.2, 0) is 0 Å². The molecule has 0 spiro atoms. The topological polar surface area (TPSA) is 24.5 Å². The number of rotatable bonds is 2. The fourth-order valence-electron chi connectivity index (χ4n) is 3.08. The number of nitrogens with zero attached hydrogens (tertiary/aromatic N) is 1. The lowest BCUT2D eigenvalue weighted by Gasteiger charge is -2.36. The highest BCUT2D eigenvalue weighted by molar-refractivity contribution is 5.49. The molecule has 0 aromatic heterocycles. The van der Waals surface area contributed by atoms with Crippen LogP contribution in [0.25, 0.3) is 0 Å². The van der Waals surface area contributed by atoms with Crippen molar-refractivity contribution in [3.05, 3.63) is 24.3 Å². The van der Waals surface area contributed by atoms with Crippen molar-refractivity contribution in [2.45, 2.75) is 18.9 Å². The maximum absolute atomic E-state index is 5.20. The highest BCUT2D eigenvalue weighted by atomic mass is 16.5. The molecule has 3 heteroatoms. The van der Waals surface area contributed by atoms with Gasteiger partial charge in [0.1, 0.15) is 5.75 Å². The summed E-state index contributed by atoms with van der Waals surface area (Å²) >= 11 is 0. The molecular weight excluding hydrogens is 212 g/mol.